The maximum Gasteiger partial charge on any atom is 0.161 e. The number of nitrogens with two attached hydrogens (primary N) is 1. The Hall–Kier alpha value is -1.64. The van der Waals surface area contributed by atoms with Gasteiger partial charge in [0.05, 0.1) is 19.2 Å². The number of hydrogen-bond donors (Lipinski definition) is 1. The molecule has 2 rings (SSSR count). The highest BCUT2D eigenvalue weighted by Crippen LogP contribution is 2.18. The van der Waals surface area contributed by atoms with E-state index in [-0.39, 0.29) is 12.1 Å². The number of anilines is 1. The molecule has 1 fully saturated rings. The first-order chi connectivity index (χ1) is 8.20. The van der Waals surface area contributed by atoms with Crippen molar-refractivity contribution in [3.05, 3.63) is 23.9 Å². The molecule has 1 aliphatic rings. The molecule has 1 unspecified atom stereocenters. The molecular weight excluding hydrogens is 216 g/mol. The molecule has 0 spiro atoms. The maximum absolute atomic E-state index is 8.86. The van der Waals surface area contributed by atoms with E-state index in [9.17, 15) is 0 Å². The zero-order valence-corrected chi connectivity index (χ0v) is 9.84. The fourth-order valence-electron chi connectivity index (χ4n) is 1.83. The number of hydrogen-bond acceptors (Lipinski definition) is 5. The summed E-state index contributed by atoms with van der Waals surface area (Å²) in [5.74, 6) is 0.864. The van der Waals surface area contributed by atoms with Gasteiger partial charge < -0.3 is 15.4 Å². The molecule has 1 aromatic heterocycles. The highest BCUT2D eigenvalue weighted by atomic mass is 16.5. The van der Waals surface area contributed by atoms with Crippen LogP contribution in [0.1, 0.15) is 18.5 Å². The van der Waals surface area contributed by atoms with Gasteiger partial charge in [0, 0.05) is 18.8 Å². The molecule has 1 aromatic rings. The molecule has 0 aliphatic carbocycles. The van der Waals surface area contributed by atoms with Crippen molar-refractivity contribution in [2.75, 3.05) is 24.6 Å². The van der Waals surface area contributed by atoms with E-state index in [2.05, 4.69) is 16.0 Å². The fraction of sp³-hybridized carbons (Fsp3) is 0.500. The smallest absolute Gasteiger partial charge is 0.161 e. The molecule has 1 saturated heterocycles. The van der Waals surface area contributed by atoms with Gasteiger partial charge in [0.25, 0.3) is 0 Å². The summed E-state index contributed by atoms with van der Waals surface area (Å²) < 4.78 is 5.30. The minimum atomic E-state index is -0.371. The van der Waals surface area contributed by atoms with E-state index in [1.54, 1.807) is 6.20 Å². The number of nitriles is 1. The van der Waals surface area contributed by atoms with Crippen molar-refractivity contribution in [3.63, 3.8) is 0 Å². The van der Waals surface area contributed by atoms with E-state index in [4.69, 9.17) is 15.7 Å². The van der Waals surface area contributed by atoms with E-state index in [1.165, 1.54) is 0 Å². The first-order valence-corrected chi connectivity index (χ1v) is 5.68. The average molecular weight is 232 g/mol. The lowest BCUT2D eigenvalue weighted by Gasteiger charge is -2.30. The molecule has 2 heterocycles. The summed E-state index contributed by atoms with van der Waals surface area (Å²) in [6.07, 6.45) is 1.38. The summed E-state index contributed by atoms with van der Waals surface area (Å²) in [6, 6.07) is 6.00. The van der Waals surface area contributed by atoms with Crippen molar-refractivity contribution in [1.29, 1.82) is 5.26 Å². The number of aromatic nitrogens is 1. The second-order valence-electron chi connectivity index (χ2n) is 4.17. The normalized spacial score (nSPS) is 21.9. The van der Waals surface area contributed by atoms with Crippen LogP contribution in [0.15, 0.2) is 18.3 Å². The van der Waals surface area contributed by atoms with Crippen LogP contribution in [0, 0.1) is 11.3 Å². The highest BCUT2D eigenvalue weighted by Gasteiger charge is 2.21. The minimum absolute atomic E-state index is 0.00967. The van der Waals surface area contributed by atoms with Crippen LogP contribution in [0.25, 0.3) is 0 Å². The lowest BCUT2D eigenvalue weighted by atomic mass is 10.1. The van der Waals surface area contributed by atoms with Crippen LogP contribution in [-0.4, -0.2) is 30.8 Å². The Labute approximate surface area is 101 Å². The van der Waals surface area contributed by atoms with Gasteiger partial charge in [0.2, 0.25) is 0 Å². The number of morpholine rings is 1. The molecule has 2 N–H and O–H groups in total. The largest absolute Gasteiger partial charge is 0.360 e. The van der Waals surface area contributed by atoms with Crippen LogP contribution in [0.4, 0.5) is 5.82 Å². The van der Waals surface area contributed by atoms with Crippen molar-refractivity contribution >= 4 is 5.82 Å². The number of rotatable bonds is 2. The number of ether oxygens (including phenoxy) is 1. The first-order valence-electron chi connectivity index (χ1n) is 5.68. The lowest BCUT2D eigenvalue weighted by molar-refractivity contribution is 0.0761. The molecule has 0 bridgehead atoms. The molecular formula is C12H16N4O. The lowest BCUT2D eigenvalue weighted by Crippen LogP contribution is -2.42. The highest BCUT2D eigenvalue weighted by molar-refractivity contribution is 5.42. The molecule has 5 nitrogen and oxygen atoms in total. The summed E-state index contributed by atoms with van der Waals surface area (Å²) in [7, 11) is 0. The van der Waals surface area contributed by atoms with Crippen molar-refractivity contribution in [1.82, 2.24) is 4.98 Å². The Morgan fingerprint density at radius 3 is 3.24 bits per heavy atom. The summed E-state index contributed by atoms with van der Waals surface area (Å²) in [5.41, 5.74) is 6.89. The second kappa shape index (κ2) is 5.13. The third-order valence-electron chi connectivity index (χ3n) is 2.83. The van der Waals surface area contributed by atoms with E-state index < -0.39 is 0 Å². The Morgan fingerprint density at radius 2 is 2.53 bits per heavy atom. The van der Waals surface area contributed by atoms with Gasteiger partial charge in [0.1, 0.15) is 5.82 Å². The minimum Gasteiger partial charge on any atom is -0.360 e. The van der Waals surface area contributed by atoms with Crippen molar-refractivity contribution in [2.45, 2.75) is 19.1 Å². The van der Waals surface area contributed by atoms with Crippen LogP contribution >= 0.6 is 0 Å². The van der Waals surface area contributed by atoms with Gasteiger partial charge in [-0.2, -0.15) is 5.26 Å². The first kappa shape index (κ1) is 11.8. The van der Waals surface area contributed by atoms with E-state index in [1.807, 2.05) is 19.1 Å². The van der Waals surface area contributed by atoms with E-state index in [0.717, 1.165) is 17.9 Å². The van der Waals surface area contributed by atoms with E-state index >= 15 is 0 Å². The van der Waals surface area contributed by atoms with Gasteiger partial charge in [-0.05, 0) is 24.6 Å². The standard InChI is InChI=1S/C12H16N4O/c1-9(14)10-2-3-15-12(6-10)16-4-5-17-11(7-13)8-16/h2-3,6,9,11H,4-5,8,14H2,1H3/t9-,11?/m1/s1. The van der Waals surface area contributed by atoms with Gasteiger partial charge >= 0.3 is 0 Å². The summed E-state index contributed by atoms with van der Waals surface area (Å²) in [6.45, 7) is 3.82. The zero-order chi connectivity index (χ0) is 12.3. The van der Waals surface area contributed by atoms with Gasteiger partial charge in [-0.1, -0.05) is 0 Å². The number of nitrogens with zero attached hydrogens (tertiary/aromatic N) is 3. The monoisotopic (exact) mass is 232 g/mol. The predicted octanol–water partition coefficient (Wildman–Crippen LogP) is 0.830. The maximum atomic E-state index is 8.86. The van der Waals surface area contributed by atoms with E-state index in [0.29, 0.717) is 13.2 Å². The van der Waals surface area contributed by atoms with Crippen molar-refractivity contribution in [3.8, 4) is 6.07 Å². The van der Waals surface area contributed by atoms with Crippen molar-refractivity contribution < 1.29 is 4.74 Å². The molecule has 90 valence electrons. The summed E-state index contributed by atoms with van der Waals surface area (Å²) in [4.78, 5) is 6.38. The number of pyridine rings is 1. The van der Waals surface area contributed by atoms with Gasteiger partial charge in [-0.15, -0.1) is 0 Å². The quantitative estimate of drug-likeness (QED) is 0.817. The predicted molar refractivity (Wildman–Crippen MR) is 64.4 cm³/mol. The molecule has 0 radical (unpaired) electrons. The summed E-state index contributed by atoms with van der Waals surface area (Å²) in [5, 5.41) is 8.86. The Bertz CT molecular complexity index is 427. The Kier molecular flexibility index (Phi) is 3.57. The van der Waals surface area contributed by atoms with Crippen LogP contribution in [-0.2, 0) is 4.74 Å². The third-order valence-corrected chi connectivity index (χ3v) is 2.83. The molecule has 0 saturated carbocycles. The molecule has 17 heavy (non-hydrogen) atoms. The van der Waals surface area contributed by atoms with Crippen LogP contribution in [0.2, 0.25) is 0 Å². The Balaban J connectivity index is 2.16. The fourth-order valence-corrected chi connectivity index (χ4v) is 1.83. The molecule has 1 aliphatic heterocycles. The zero-order valence-electron chi connectivity index (χ0n) is 9.84. The molecule has 0 aromatic carbocycles. The molecule has 5 heteroatoms. The van der Waals surface area contributed by atoms with Crippen LogP contribution < -0.4 is 10.6 Å². The van der Waals surface area contributed by atoms with Gasteiger partial charge in [-0.3, -0.25) is 0 Å². The SMILES string of the molecule is C[C@@H](N)c1ccnc(N2CCOC(C#N)C2)c1. The van der Waals surface area contributed by atoms with Gasteiger partial charge in [0.15, 0.2) is 6.10 Å². The van der Waals surface area contributed by atoms with Crippen LogP contribution in [0.5, 0.6) is 0 Å². The second-order valence-corrected chi connectivity index (χ2v) is 4.17. The molecule has 2 atom stereocenters. The van der Waals surface area contributed by atoms with Crippen molar-refractivity contribution in [2.24, 2.45) is 5.73 Å². The third kappa shape index (κ3) is 2.73. The van der Waals surface area contributed by atoms with Gasteiger partial charge in [-0.25, -0.2) is 4.98 Å². The van der Waals surface area contributed by atoms with Crippen LogP contribution in [0.3, 0.4) is 0 Å². The topological polar surface area (TPSA) is 75.2 Å². The Morgan fingerprint density at radius 1 is 1.71 bits per heavy atom. The molecule has 0 amide bonds. The summed E-state index contributed by atoms with van der Waals surface area (Å²) >= 11 is 0. The average Bonchev–Trinajstić information content (AvgIpc) is 2.39.